The second-order valence-electron chi connectivity index (χ2n) is 7.00. The molecule has 9 nitrogen and oxygen atoms in total. The number of ether oxygens (including phenoxy) is 1. The third-order valence-corrected chi connectivity index (χ3v) is 4.92. The molecule has 0 aromatic carbocycles. The number of aromatic nitrogens is 4. The van der Waals surface area contributed by atoms with Crippen LogP contribution in [0.15, 0.2) is 41.2 Å². The van der Waals surface area contributed by atoms with Crippen LogP contribution in [0.2, 0.25) is 0 Å². The Morgan fingerprint density at radius 3 is 2.57 bits per heavy atom. The highest BCUT2D eigenvalue weighted by Gasteiger charge is 2.19. The summed E-state index contributed by atoms with van der Waals surface area (Å²) < 4.78 is 10.3. The maximum Gasteiger partial charge on any atom is 0.339 e. The Balaban J connectivity index is 1.44. The zero-order valence-corrected chi connectivity index (χ0v) is 17.1. The van der Waals surface area contributed by atoms with E-state index in [-0.39, 0.29) is 5.97 Å². The van der Waals surface area contributed by atoms with Gasteiger partial charge in [-0.2, -0.15) is 4.98 Å². The maximum absolute atomic E-state index is 11.8. The first kappa shape index (κ1) is 19.8. The maximum atomic E-state index is 11.8. The van der Waals surface area contributed by atoms with Crippen molar-refractivity contribution in [2.75, 3.05) is 42.6 Å². The van der Waals surface area contributed by atoms with Crippen LogP contribution in [0.5, 0.6) is 0 Å². The van der Waals surface area contributed by atoms with Gasteiger partial charge in [0.15, 0.2) is 5.82 Å². The molecule has 0 saturated carbocycles. The summed E-state index contributed by atoms with van der Waals surface area (Å²) in [4.78, 5) is 29.6. The lowest BCUT2D eigenvalue weighted by atomic mass is 10.2. The van der Waals surface area contributed by atoms with Crippen molar-refractivity contribution in [1.82, 2.24) is 20.1 Å². The Morgan fingerprint density at radius 1 is 1.10 bits per heavy atom. The van der Waals surface area contributed by atoms with Gasteiger partial charge in [-0.3, -0.25) is 0 Å². The van der Waals surface area contributed by atoms with E-state index in [0.717, 1.165) is 49.8 Å². The topological polar surface area (TPSA) is 97.5 Å². The van der Waals surface area contributed by atoms with Gasteiger partial charge in [-0.1, -0.05) is 5.16 Å². The van der Waals surface area contributed by atoms with Crippen molar-refractivity contribution in [1.29, 1.82) is 0 Å². The Kier molecular flexibility index (Phi) is 5.87. The lowest BCUT2D eigenvalue weighted by Gasteiger charge is -2.23. The molecule has 3 aromatic heterocycles. The standard InChI is InChI=1S/C21H24N6O3/c1-3-29-21(28)17-5-6-18(23-14-17)26-9-4-10-27(12-11-26)19-13-16(7-8-22-19)20-24-15(2)25-30-20/h5-8,13-14H,3-4,9-12H2,1-2H3. The fourth-order valence-electron chi connectivity index (χ4n) is 3.42. The van der Waals surface area contributed by atoms with Gasteiger partial charge in [0, 0.05) is 44.1 Å². The van der Waals surface area contributed by atoms with Gasteiger partial charge < -0.3 is 19.1 Å². The lowest BCUT2D eigenvalue weighted by Crippen LogP contribution is -2.31. The molecule has 1 fully saturated rings. The summed E-state index contributed by atoms with van der Waals surface area (Å²) >= 11 is 0. The van der Waals surface area contributed by atoms with Gasteiger partial charge in [-0.15, -0.1) is 0 Å². The summed E-state index contributed by atoms with van der Waals surface area (Å²) in [6.45, 7) is 7.31. The fourth-order valence-corrected chi connectivity index (χ4v) is 3.42. The van der Waals surface area contributed by atoms with E-state index in [1.165, 1.54) is 0 Å². The van der Waals surface area contributed by atoms with Crippen LogP contribution in [0, 0.1) is 6.92 Å². The molecule has 1 aliphatic rings. The lowest BCUT2D eigenvalue weighted by molar-refractivity contribution is 0.0526. The number of esters is 1. The average Bonchev–Trinajstić information content (AvgIpc) is 3.06. The van der Waals surface area contributed by atoms with Gasteiger partial charge in [0.25, 0.3) is 5.89 Å². The number of carbonyl (C=O) groups excluding carboxylic acids is 1. The van der Waals surface area contributed by atoms with E-state index in [1.807, 2.05) is 18.2 Å². The van der Waals surface area contributed by atoms with E-state index in [2.05, 4.69) is 29.9 Å². The number of pyridine rings is 2. The third kappa shape index (κ3) is 4.40. The Hall–Kier alpha value is -3.49. The van der Waals surface area contributed by atoms with Gasteiger partial charge in [0.1, 0.15) is 11.6 Å². The summed E-state index contributed by atoms with van der Waals surface area (Å²) in [6.07, 6.45) is 4.31. The molecular weight excluding hydrogens is 384 g/mol. The predicted molar refractivity (Wildman–Crippen MR) is 112 cm³/mol. The molecule has 3 aromatic rings. The van der Waals surface area contributed by atoms with Crippen molar-refractivity contribution in [3.63, 3.8) is 0 Å². The number of carbonyl (C=O) groups is 1. The molecule has 156 valence electrons. The first-order valence-corrected chi connectivity index (χ1v) is 10.0. The number of hydrogen-bond acceptors (Lipinski definition) is 9. The molecule has 30 heavy (non-hydrogen) atoms. The van der Waals surface area contributed by atoms with Crippen molar-refractivity contribution in [3.8, 4) is 11.5 Å². The minimum Gasteiger partial charge on any atom is -0.462 e. The molecule has 0 atom stereocenters. The molecule has 0 aliphatic carbocycles. The summed E-state index contributed by atoms with van der Waals surface area (Å²) in [6, 6.07) is 7.49. The van der Waals surface area contributed by atoms with E-state index < -0.39 is 0 Å². The van der Waals surface area contributed by atoms with E-state index >= 15 is 0 Å². The molecule has 1 saturated heterocycles. The molecule has 0 radical (unpaired) electrons. The van der Waals surface area contributed by atoms with Gasteiger partial charge in [0.05, 0.1) is 12.2 Å². The van der Waals surface area contributed by atoms with E-state index in [4.69, 9.17) is 9.26 Å². The van der Waals surface area contributed by atoms with Gasteiger partial charge in [0.2, 0.25) is 0 Å². The van der Waals surface area contributed by atoms with Crippen LogP contribution in [0.4, 0.5) is 11.6 Å². The zero-order valence-electron chi connectivity index (χ0n) is 17.1. The predicted octanol–water partition coefficient (Wildman–Crippen LogP) is 2.73. The highest BCUT2D eigenvalue weighted by atomic mass is 16.5. The summed E-state index contributed by atoms with van der Waals surface area (Å²) in [7, 11) is 0. The number of nitrogens with zero attached hydrogens (tertiary/aromatic N) is 6. The van der Waals surface area contributed by atoms with Crippen molar-refractivity contribution in [2.45, 2.75) is 20.3 Å². The van der Waals surface area contributed by atoms with Crippen LogP contribution in [-0.2, 0) is 4.74 Å². The van der Waals surface area contributed by atoms with Crippen molar-refractivity contribution in [3.05, 3.63) is 48.0 Å². The SMILES string of the molecule is CCOC(=O)c1ccc(N2CCCN(c3cc(-c4nc(C)no4)ccn3)CC2)nc1. The smallest absolute Gasteiger partial charge is 0.339 e. The number of rotatable bonds is 5. The summed E-state index contributed by atoms with van der Waals surface area (Å²) in [5.74, 6) is 2.50. The van der Waals surface area contributed by atoms with Crippen LogP contribution in [0.3, 0.4) is 0 Å². The van der Waals surface area contributed by atoms with Crippen molar-refractivity contribution < 1.29 is 14.1 Å². The quantitative estimate of drug-likeness (QED) is 0.590. The number of anilines is 2. The molecule has 4 rings (SSSR count). The highest BCUT2D eigenvalue weighted by Crippen LogP contribution is 2.23. The monoisotopic (exact) mass is 408 g/mol. The number of aryl methyl sites for hydroxylation is 1. The Labute approximate surface area is 174 Å². The fraction of sp³-hybridized carbons (Fsp3) is 0.381. The minimum absolute atomic E-state index is 0.346. The van der Waals surface area contributed by atoms with Crippen LogP contribution in [0.1, 0.15) is 29.5 Å². The Bertz CT molecular complexity index is 1000. The largest absolute Gasteiger partial charge is 0.462 e. The first-order valence-electron chi connectivity index (χ1n) is 10.0. The average molecular weight is 408 g/mol. The summed E-state index contributed by atoms with van der Waals surface area (Å²) in [5.41, 5.74) is 1.33. The molecule has 0 amide bonds. The van der Waals surface area contributed by atoms with Crippen molar-refractivity contribution >= 4 is 17.6 Å². The minimum atomic E-state index is -0.346. The highest BCUT2D eigenvalue weighted by molar-refractivity contribution is 5.89. The van der Waals surface area contributed by atoms with Gasteiger partial charge >= 0.3 is 5.97 Å². The first-order chi connectivity index (χ1) is 14.6. The van der Waals surface area contributed by atoms with Crippen LogP contribution < -0.4 is 9.80 Å². The van der Waals surface area contributed by atoms with E-state index in [0.29, 0.717) is 23.9 Å². The van der Waals surface area contributed by atoms with E-state index in [1.54, 1.807) is 32.3 Å². The van der Waals surface area contributed by atoms with Gasteiger partial charge in [-0.25, -0.2) is 14.8 Å². The molecule has 0 spiro atoms. The van der Waals surface area contributed by atoms with Crippen LogP contribution in [0.25, 0.3) is 11.5 Å². The normalized spacial score (nSPS) is 14.5. The molecule has 0 N–H and O–H groups in total. The van der Waals surface area contributed by atoms with Crippen molar-refractivity contribution in [2.24, 2.45) is 0 Å². The zero-order chi connectivity index (χ0) is 20.9. The molecule has 0 unspecified atom stereocenters. The summed E-state index contributed by atoms with van der Waals surface area (Å²) in [5, 5.41) is 3.86. The third-order valence-electron chi connectivity index (χ3n) is 4.92. The second-order valence-corrected chi connectivity index (χ2v) is 7.00. The van der Waals surface area contributed by atoms with Gasteiger partial charge in [-0.05, 0) is 44.5 Å². The molecule has 9 heteroatoms. The number of hydrogen-bond donors (Lipinski definition) is 0. The van der Waals surface area contributed by atoms with Crippen LogP contribution >= 0.6 is 0 Å². The Morgan fingerprint density at radius 2 is 1.90 bits per heavy atom. The molecule has 0 bridgehead atoms. The molecule has 1 aliphatic heterocycles. The second kappa shape index (κ2) is 8.89. The van der Waals surface area contributed by atoms with Crippen LogP contribution in [-0.4, -0.2) is 58.9 Å². The van der Waals surface area contributed by atoms with E-state index in [9.17, 15) is 4.79 Å². The molecular formula is C21H24N6O3. The molecule has 4 heterocycles.